The minimum Gasteiger partial charge on any atom is -0.355 e. The van der Waals surface area contributed by atoms with Gasteiger partial charge >= 0.3 is 0 Å². The van der Waals surface area contributed by atoms with Crippen LogP contribution in [-0.2, 0) is 14.4 Å². The number of anilines is 2. The third kappa shape index (κ3) is 3.49. The number of amides is 3. The third-order valence-corrected chi connectivity index (χ3v) is 4.18. The summed E-state index contributed by atoms with van der Waals surface area (Å²) in [5.41, 5.74) is 0.679. The summed E-state index contributed by atoms with van der Waals surface area (Å²) < 4.78 is 0. The molecule has 1 N–H and O–H groups in total. The fourth-order valence-corrected chi connectivity index (χ4v) is 2.97. The molecule has 2 saturated heterocycles. The molecule has 1 aromatic rings. The van der Waals surface area contributed by atoms with Crippen molar-refractivity contribution >= 4 is 29.2 Å². The number of imide groups is 1. The molecule has 7 heteroatoms. The standard InChI is InChI=1S/C16H20N4O3/c21-13(7-11-20-14(22)5-6-15(20)23)18-12-4-3-8-17-16(12)19-9-1-2-10-19/h3-4,8H,1-2,5-7,9-11H2,(H,18,21). The van der Waals surface area contributed by atoms with E-state index < -0.39 is 0 Å². The fourth-order valence-electron chi connectivity index (χ4n) is 2.97. The zero-order valence-electron chi connectivity index (χ0n) is 13.0. The van der Waals surface area contributed by atoms with Gasteiger partial charge in [0.2, 0.25) is 17.7 Å². The van der Waals surface area contributed by atoms with E-state index in [0.717, 1.165) is 31.7 Å². The number of pyridine rings is 1. The smallest absolute Gasteiger partial charge is 0.229 e. The maximum absolute atomic E-state index is 12.1. The van der Waals surface area contributed by atoms with Crippen LogP contribution in [0.25, 0.3) is 0 Å². The van der Waals surface area contributed by atoms with Gasteiger partial charge in [0, 0.05) is 45.1 Å². The molecule has 0 bridgehead atoms. The fraction of sp³-hybridized carbons (Fsp3) is 0.500. The molecule has 0 radical (unpaired) electrons. The summed E-state index contributed by atoms with van der Waals surface area (Å²) in [6.45, 7) is 2.02. The Labute approximate surface area is 134 Å². The van der Waals surface area contributed by atoms with Crippen LogP contribution in [0.2, 0.25) is 0 Å². The van der Waals surface area contributed by atoms with Crippen molar-refractivity contribution < 1.29 is 14.4 Å². The van der Waals surface area contributed by atoms with Gasteiger partial charge in [-0.1, -0.05) is 0 Å². The Hall–Kier alpha value is -2.44. The summed E-state index contributed by atoms with van der Waals surface area (Å²) in [6, 6.07) is 3.60. The van der Waals surface area contributed by atoms with E-state index in [-0.39, 0.29) is 43.5 Å². The highest BCUT2D eigenvalue weighted by atomic mass is 16.2. The minimum absolute atomic E-state index is 0.103. The molecule has 3 rings (SSSR count). The van der Waals surface area contributed by atoms with Gasteiger partial charge in [0.05, 0.1) is 5.69 Å². The second kappa shape index (κ2) is 6.76. The van der Waals surface area contributed by atoms with Gasteiger partial charge in [-0.25, -0.2) is 4.98 Å². The number of aromatic nitrogens is 1. The van der Waals surface area contributed by atoms with Gasteiger partial charge in [0.25, 0.3) is 0 Å². The zero-order chi connectivity index (χ0) is 16.2. The van der Waals surface area contributed by atoms with E-state index in [1.165, 1.54) is 4.90 Å². The zero-order valence-corrected chi connectivity index (χ0v) is 13.0. The predicted molar refractivity (Wildman–Crippen MR) is 84.9 cm³/mol. The van der Waals surface area contributed by atoms with E-state index in [1.807, 2.05) is 6.07 Å². The van der Waals surface area contributed by atoms with E-state index in [9.17, 15) is 14.4 Å². The lowest BCUT2D eigenvalue weighted by Crippen LogP contribution is -2.32. The number of nitrogens with zero attached hydrogens (tertiary/aromatic N) is 3. The Morgan fingerprint density at radius 1 is 1.17 bits per heavy atom. The molecule has 0 unspecified atom stereocenters. The van der Waals surface area contributed by atoms with Gasteiger partial charge in [-0.2, -0.15) is 0 Å². The van der Waals surface area contributed by atoms with Crippen LogP contribution in [0, 0.1) is 0 Å². The van der Waals surface area contributed by atoms with E-state index in [4.69, 9.17) is 0 Å². The van der Waals surface area contributed by atoms with Crippen molar-refractivity contribution in [3.63, 3.8) is 0 Å². The molecule has 7 nitrogen and oxygen atoms in total. The Morgan fingerprint density at radius 3 is 2.57 bits per heavy atom. The average molecular weight is 316 g/mol. The molecule has 23 heavy (non-hydrogen) atoms. The van der Waals surface area contributed by atoms with Crippen molar-refractivity contribution in [2.45, 2.75) is 32.1 Å². The van der Waals surface area contributed by atoms with Gasteiger partial charge in [-0.3, -0.25) is 19.3 Å². The molecule has 2 aliphatic rings. The normalized spacial score (nSPS) is 17.9. The molecule has 0 saturated carbocycles. The molecule has 0 spiro atoms. The molecule has 2 aliphatic heterocycles. The lowest BCUT2D eigenvalue weighted by molar-refractivity contribution is -0.138. The number of hydrogen-bond acceptors (Lipinski definition) is 5. The monoisotopic (exact) mass is 316 g/mol. The van der Waals surface area contributed by atoms with Crippen LogP contribution in [0.5, 0.6) is 0 Å². The summed E-state index contributed by atoms with van der Waals surface area (Å²) in [5.74, 6) is 0.182. The first-order valence-corrected chi connectivity index (χ1v) is 7.98. The minimum atomic E-state index is -0.217. The lowest BCUT2D eigenvalue weighted by atomic mass is 10.3. The lowest BCUT2D eigenvalue weighted by Gasteiger charge is -2.20. The van der Waals surface area contributed by atoms with Gasteiger partial charge in [0.1, 0.15) is 0 Å². The maximum Gasteiger partial charge on any atom is 0.229 e. The van der Waals surface area contributed by atoms with Crippen molar-refractivity contribution in [3.05, 3.63) is 18.3 Å². The summed E-state index contributed by atoms with van der Waals surface area (Å²) in [5, 5.41) is 2.85. The van der Waals surface area contributed by atoms with Crippen LogP contribution >= 0.6 is 0 Å². The molecule has 122 valence electrons. The summed E-state index contributed by atoms with van der Waals surface area (Å²) in [7, 11) is 0. The van der Waals surface area contributed by atoms with E-state index in [1.54, 1.807) is 12.3 Å². The molecular formula is C16H20N4O3. The molecule has 0 atom stereocenters. The first kappa shape index (κ1) is 15.5. The number of carbonyl (C=O) groups is 3. The number of hydrogen-bond donors (Lipinski definition) is 1. The van der Waals surface area contributed by atoms with E-state index >= 15 is 0 Å². The Kier molecular flexibility index (Phi) is 4.55. The molecular weight excluding hydrogens is 296 g/mol. The number of likely N-dealkylation sites (tertiary alicyclic amines) is 1. The van der Waals surface area contributed by atoms with Gasteiger partial charge < -0.3 is 10.2 Å². The summed E-state index contributed by atoms with van der Waals surface area (Å²) in [4.78, 5) is 42.9. The van der Waals surface area contributed by atoms with Crippen LogP contribution < -0.4 is 10.2 Å². The number of rotatable bonds is 5. The van der Waals surface area contributed by atoms with Crippen LogP contribution in [0.3, 0.4) is 0 Å². The van der Waals surface area contributed by atoms with Crippen molar-refractivity contribution in [3.8, 4) is 0 Å². The first-order chi connectivity index (χ1) is 11.1. The Bertz CT molecular complexity index is 610. The Balaban J connectivity index is 1.59. The molecule has 3 heterocycles. The number of nitrogens with one attached hydrogen (secondary N) is 1. The van der Waals surface area contributed by atoms with Crippen molar-refractivity contribution in [1.82, 2.24) is 9.88 Å². The predicted octanol–water partition coefficient (Wildman–Crippen LogP) is 1.16. The van der Waals surface area contributed by atoms with Crippen molar-refractivity contribution in [2.24, 2.45) is 0 Å². The second-order valence-electron chi connectivity index (χ2n) is 5.81. The van der Waals surface area contributed by atoms with Crippen LogP contribution in [-0.4, -0.2) is 47.2 Å². The SMILES string of the molecule is O=C(CCN1C(=O)CCC1=O)Nc1cccnc1N1CCCC1. The topological polar surface area (TPSA) is 82.6 Å². The average Bonchev–Trinajstić information content (AvgIpc) is 3.17. The Morgan fingerprint density at radius 2 is 1.87 bits per heavy atom. The van der Waals surface area contributed by atoms with E-state index in [0.29, 0.717) is 5.69 Å². The number of carbonyl (C=O) groups excluding carboxylic acids is 3. The summed E-state index contributed by atoms with van der Waals surface area (Å²) >= 11 is 0. The highest BCUT2D eigenvalue weighted by Crippen LogP contribution is 2.26. The molecule has 3 amide bonds. The van der Waals surface area contributed by atoms with Crippen LogP contribution in [0.4, 0.5) is 11.5 Å². The van der Waals surface area contributed by atoms with Crippen LogP contribution in [0.15, 0.2) is 18.3 Å². The quantitative estimate of drug-likeness (QED) is 0.824. The highest BCUT2D eigenvalue weighted by molar-refractivity contribution is 6.02. The maximum atomic E-state index is 12.1. The third-order valence-electron chi connectivity index (χ3n) is 4.18. The summed E-state index contributed by atoms with van der Waals surface area (Å²) in [6.07, 6.45) is 4.58. The molecule has 0 aromatic carbocycles. The second-order valence-corrected chi connectivity index (χ2v) is 5.81. The first-order valence-electron chi connectivity index (χ1n) is 7.98. The molecule has 0 aliphatic carbocycles. The largest absolute Gasteiger partial charge is 0.355 e. The van der Waals surface area contributed by atoms with Crippen molar-refractivity contribution in [2.75, 3.05) is 29.9 Å². The molecule has 2 fully saturated rings. The highest BCUT2D eigenvalue weighted by Gasteiger charge is 2.29. The van der Waals surface area contributed by atoms with Gasteiger partial charge in [-0.15, -0.1) is 0 Å². The van der Waals surface area contributed by atoms with Crippen molar-refractivity contribution in [1.29, 1.82) is 0 Å². The van der Waals surface area contributed by atoms with Crippen LogP contribution in [0.1, 0.15) is 32.1 Å². The van der Waals surface area contributed by atoms with E-state index in [2.05, 4.69) is 15.2 Å². The molecule has 1 aromatic heterocycles. The van der Waals surface area contributed by atoms with Gasteiger partial charge in [0.15, 0.2) is 5.82 Å². The van der Waals surface area contributed by atoms with Gasteiger partial charge in [-0.05, 0) is 25.0 Å².